The molecule has 0 bridgehead atoms. The Morgan fingerprint density at radius 3 is 2.21 bits per heavy atom. The number of nitrogens with zero attached hydrogens (tertiary/aromatic N) is 1. The Labute approximate surface area is 172 Å². The fourth-order valence-electron chi connectivity index (χ4n) is 2.97. The standard InChI is InChI=1S/C22H28ClN3O2/c1-16(2)13-20(17-9-5-4-6-10-17)25-22(28)15-26(3)14-21(27)24-19-12-8-7-11-18(19)23/h4-12,16,20H,13-15H2,1-3H3,(H,24,27)(H,25,28)/t20-/m0/s1. The lowest BCUT2D eigenvalue weighted by Gasteiger charge is -2.23. The van der Waals surface area contributed by atoms with Gasteiger partial charge >= 0.3 is 0 Å². The van der Waals surface area contributed by atoms with Crippen LogP contribution in [0.5, 0.6) is 0 Å². The highest BCUT2D eigenvalue weighted by Gasteiger charge is 2.18. The van der Waals surface area contributed by atoms with Crippen molar-refractivity contribution >= 4 is 29.1 Å². The van der Waals surface area contributed by atoms with E-state index in [0.717, 1.165) is 12.0 Å². The van der Waals surface area contributed by atoms with Crippen LogP contribution in [0.15, 0.2) is 54.6 Å². The molecule has 150 valence electrons. The van der Waals surface area contributed by atoms with Gasteiger partial charge in [-0.15, -0.1) is 0 Å². The van der Waals surface area contributed by atoms with E-state index in [9.17, 15) is 9.59 Å². The summed E-state index contributed by atoms with van der Waals surface area (Å²) in [6.45, 7) is 4.50. The normalized spacial score (nSPS) is 12.1. The van der Waals surface area contributed by atoms with E-state index < -0.39 is 0 Å². The first-order valence-corrected chi connectivity index (χ1v) is 9.80. The summed E-state index contributed by atoms with van der Waals surface area (Å²) < 4.78 is 0. The Morgan fingerprint density at radius 1 is 0.964 bits per heavy atom. The molecule has 0 aliphatic heterocycles. The van der Waals surface area contributed by atoms with Crippen molar-refractivity contribution in [1.29, 1.82) is 0 Å². The van der Waals surface area contributed by atoms with Crippen molar-refractivity contribution in [2.75, 3.05) is 25.5 Å². The highest BCUT2D eigenvalue weighted by molar-refractivity contribution is 6.33. The molecule has 0 unspecified atom stereocenters. The zero-order valence-electron chi connectivity index (χ0n) is 16.6. The Morgan fingerprint density at radius 2 is 1.57 bits per heavy atom. The van der Waals surface area contributed by atoms with Crippen LogP contribution in [0.1, 0.15) is 31.9 Å². The monoisotopic (exact) mass is 401 g/mol. The lowest BCUT2D eigenvalue weighted by atomic mass is 9.97. The van der Waals surface area contributed by atoms with Crippen LogP contribution in [0.25, 0.3) is 0 Å². The SMILES string of the molecule is CC(C)C[C@H](NC(=O)CN(C)CC(=O)Nc1ccccc1Cl)c1ccccc1. The van der Waals surface area contributed by atoms with Crippen molar-refractivity contribution in [1.82, 2.24) is 10.2 Å². The van der Waals surface area contributed by atoms with Crippen LogP contribution in [0.2, 0.25) is 5.02 Å². The fourth-order valence-corrected chi connectivity index (χ4v) is 3.16. The Bertz CT molecular complexity index is 780. The summed E-state index contributed by atoms with van der Waals surface area (Å²) in [6.07, 6.45) is 0.854. The third-order valence-corrected chi connectivity index (χ3v) is 4.55. The van der Waals surface area contributed by atoms with Crippen LogP contribution in [-0.4, -0.2) is 36.9 Å². The topological polar surface area (TPSA) is 61.4 Å². The van der Waals surface area contributed by atoms with E-state index in [1.54, 1.807) is 36.2 Å². The molecule has 0 aliphatic carbocycles. The van der Waals surface area contributed by atoms with Crippen LogP contribution in [0, 0.1) is 5.92 Å². The van der Waals surface area contributed by atoms with Gasteiger partial charge in [0.05, 0.1) is 29.8 Å². The Hall–Kier alpha value is -2.37. The Balaban J connectivity index is 1.88. The van der Waals surface area contributed by atoms with E-state index in [0.29, 0.717) is 16.6 Å². The number of nitrogens with one attached hydrogen (secondary N) is 2. The lowest BCUT2D eigenvalue weighted by molar-refractivity contribution is -0.123. The van der Waals surface area contributed by atoms with Crippen molar-refractivity contribution < 1.29 is 9.59 Å². The summed E-state index contributed by atoms with van der Waals surface area (Å²) in [7, 11) is 1.74. The number of hydrogen-bond acceptors (Lipinski definition) is 3. The number of likely N-dealkylation sites (N-methyl/N-ethyl adjacent to an activating group) is 1. The number of amides is 2. The predicted molar refractivity (Wildman–Crippen MR) is 114 cm³/mol. The minimum atomic E-state index is -0.217. The van der Waals surface area contributed by atoms with Gasteiger partial charge in [-0.3, -0.25) is 14.5 Å². The molecule has 2 aromatic rings. The van der Waals surface area contributed by atoms with E-state index in [-0.39, 0.29) is 30.9 Å². The first-order valence-electron chi connectivity index (χ1n) is 9.42. The summed E-state index contributed by atoms with van der Waals surface area (Å²) in [5.74, 6) is 0.123. The highest BCUT2D eigenvalue weighted by Crippen LogP contribution is 2.21. The number of carbonyl (C=O) groups excluding carboxylic acids is 2. The predicted octanol–water partition coefficient (Wildman–Crippen LogP) is 4.11. The van der Waals surface area contributed by atoms with Crippen molar-refractivity contribution in [3.05, 3.63) is 65.2 Å². The molecule has 2 aromatic carbocycles. The van der Waals surface area contributed by atoms with Crippen LogP contribution in [0.3, 0.4) is 0 Å². The zero-order chi connectivity index (χ0) is 20.5. The number of para-hydroxylation sites is 1. The van der Waals surface area contributed by atoms with Gasteiger partial charge in [0.25, 0.3) is 0 Å². The minimum Gasteiger partial charge on any atom is -0.348 e. The maximum Gasteiger partial charge on any atom is 0.238 e. The molecule has 1 atom stereocenters. The van der Waals surface area contributed by atoms with Crippen LogP contribution < -0.4 is 10.6 Å². The number of anilines is 1. The maximum atomic E-state index is 12.5. The molecule has 0 spiro atoms. The Kier molecular flexibility index (Phi) is 8.48. The molecule has 0 saturated carbocycles. The molecular formula is C22H28ClN3O2. The first-order chi connectivity index (χ1) is 13.3. The number of carbonyl (C=O) groups is 2. The van der Waals surface area contributed by atoms with Crippen molar-refractivity contribution in [2.24, 2.45) is 5.92 Å². The molecule has 0 heterocycles. The van der Waals surface area contributed by atoms with Crippen molar-refractivity contribution in [3.8, 4) is 0 Å². The second-order valence-electron chi connectivity index (χ2n) is 7.36. The van der Waals surface area contributed by atoms with E-state index in [2.05, 4.69) is 24.5 Å². The number of hydrogen-bond donors (Lipinski definition) is 2. The molecule has 0 aliphatic rings. The minimum absolute atomic E-state index is 0.0425. The highest BCUT2D eigenvalue weighted by atomic mass is 35.5. The second-order valence-corrected chi connectivity index (χ2v) is 7.77. The maximum absolute atomic E-state index is 12.5. The molecular weight excluding hydrogens is 374 g/mol. The average Bonchev–Trinajstić information content (AvgIpc) is 2.63. The van der Waals surface area contributed by atoms with Crippen molar-refractivity contribution in [3.63, 3.8) is 0 Å². The van der Waals surface area contributed by atoms with Gasteiger partial charge in [-0.1, -0.05) is 67.9 Å². The van der Waals surface area contributed by atoms with E-state index in [1.165, 1.54) is 0 Å². The van der Waals surface area contributed by atoms with Gasteiger partial charge < -0.3 is 10.6 Å². The third kappa shape index (κ3) is 7.33. The number of benzene rings is 2. The van der Waals surface area contributed by atoms with Gasteiger partial charge in [-0.25, -0.2) is 0 Å². The number of halogens is 1. The lowest BCUT2D eigenvalue weighted by Crippen LogP contribution is -2.40. The smallest absolute Gasteiger partial charge is 0.238 e. The zero-order valence-corrected chi connectivity index (χ0v) is 17.4. The van der Waals surface area contributed by atoms with Crippen LogP contribution >= 0.6 is 11.6 Å². The largest absolute Gasteiger partial charge is 0.348 e. The molecule has 0 fully saturated rings. The molecule has 6 heteroatoms. The summed E-state index contributed by atoms with van der Waals surface area (Å²) >= 11 is 6.05. The summed E-state index contributed by atoms with van der Waals surface area (Å²) in [4.78, 5) is 26.4. The molecule has 5 nitrogen and oxygen atoms in total. The first kappa shape index (κ1) is 21.9. The van der Waals surface area contributed by atoms with Gasteiger partial charge in [0.2, 0.25) is 11.8 Å². The fraction of sp³-hybridized carbons (Fsp3) is 0.364. The quantitative estimate of drug-likeness (QED) is 0.664. The molecule has 0 aromatic heterocycles. The molecule has 2 amide bonds. The summed E-state index contributed by atoms with van der Waals surface area (Å²) in [5, 5.41) is 6.34. The molecule has 28 heavy (non-hydrogen) atoms. The second kappa shape index (κ2) is 10.8. The summed E-state index contributed by atoms with van der Waals surface area (Å²) in [5.41, 5.74) is 1.65. The molecule has 2 N–H and O–H groups in total. The van der Waals surface area contributed by atoms with E-state index >= 15 is 0 Å². The van der Waals surface area contributed by atoms with Gasteiger partial charge in [0, 0.05) is 0 Å². The van der Waals surface area contributed by atoms with E-state index in [4.69, 9.17) is 11.6 Å². The van der Waals surface area contributed by atoms with Gasteiger partial charge in [-0.05, 0) is 37.1 Å². The van der Waals surface area contributed by atoms with Gasteiger partial charge in [0.15, 0.2) is 0 Å². The molecule has 2 rings (SSSR count). The van der Waals surface area contributed by atoms with Gasteiger partial charge in [0.1, 0.15) is 0 Å². The average molecular weight is 402 g/mol. The molecule has 0 saturated heterocycles. The van der Waals surface area contributed by atoms with Gasteiger partial charge in [-0.2, -0.15) is 0 Å². The summed E-state index contributed by atoms with van der Waals surface area (Å²) in [6, 6.07) is 17.0. The van der Waals surface area contributed by atoms with E-state index in [1.807, 2.05) is 30.3 Å². The number of rotatable bonds is 9. The van der Waals surface area contributed by atoms with Crippen molar-refractivity contribution in [2.45, 2.75) is 26.3 Å². The van der Waals surface area contributed by atoms with Crippen LogP contribution in [-0.2, 0) is 9.59 Å². The van der Waals surface area contributed by atoms with Crippen LogP contribution in [0.4, 0.5) is 5.69 Å². The third-order valence-electron chi connectivity index (χ3n) is 4.22. The molecule has 0 radical (unpaired) electrons.